The number of para-hydroxylation sites is 1. The molecule has 0 spiro atoms. The van der Waals surface area contributed by atoms with Crippen molar-refractivity contribution in [2.75, 3.05) is 32.9 Å². The molecule has 1 aliphatic heterocycles. The third-order valence-corrected chi connectivity index (χ3v) is 3.37. The van der Waals surface area contributed by atoms with Crippen molar-refractivity contribution in [2.45, 2.75) is 13.0 Å². The van der Waals surface area contributed by atoms with Crippen LogP contribution in [-0.2, 0) is 0 Å². The first-order valence-corrected chi connectivity index (χ1v) is 6.03. The van der Waals surface area contributed by atoms with E-state index in [-0.39, 0.29) is 24.2 Å². The van der Waals surface area contributed by atoms with E-state index in [4.69, 9.17) is 0 Å². The minimum atomic E-state index is -0.461. The molecule has 5 heteroatoms. The second kappa shape index (κ2) is 6.92. The second-order valence-corrected chi connectivity index (χ2v) is 4.47. The van der Waals surface area contributed by atoms with Gasteiger partial charge in [0.2, 0.25) is 0 Å². The summed E-state index contributed by atoms with van der Waals surface area (Å²) < 4.78 is 13.3. The summed E-state index contributed by atoms with van der Waals surface area (Å²) in [5, 5.41) is 13.3. The summed E-state index contributed by atoms with van der Waals surface area (Å²) >= 11 is 0. The van der Waals surface area contributed by atoms with E-state index in [9.17, 15) is 9.50 Å². The number of phenolic OH excluding ortho intramolecular Hbond substituents is 1. The Morgan fingerprint density at radius 3 is 2.67 bits per heavy atom. The Labute approximate surface area is 113 Å². The van der Waals surface area contributed by atoms with Crippen LogP contribution in [0.5, 0.6) is 5.75 Å². The fourth-order valence-corrected chi connectivity index (χ4v) is 2.32. The first-order chi connectivity index (χ1) is 8.24. The zero-order valence-corrected chi connectivity index (χ0v) is 11.3. The van der Waals surface area contributed by atoms with E-state index in [1.807, 2.05) is 25.1 Å². The Balaban J connectivity index is 0.00000162. The van der Waals surface area contributed by atoms with Gasteiger partial charge < -0.3 is 10.4 Å². The fraction of sp³-hybridized carbons (Fsp3) is 0.538. The molecule has 1 saturated heterocycles. The lowest BCUT2D eigenvalue weighted by atomic mass is 10.0. The topological polar surface area (TPSA) is 35.5 Å². The summed E-state index contributed by atoms with van der Waals surface area (Å²) in [6.45, 7) is 4.78. The van der Waals surface area contributed by atoms with Crippen molar-refractivity contribution in [2.24, 2.45) is 0 Å². The summed E-state index contributed by atoms with van der Waals surface area (Å²) in [7, 11) is 0. The third-order valence-electron chi connectivity index (χ3n) is 3.37. The van der Waals surface area contributed by atoms with E-state index < -0.39 is 6.67 Å². The first-order valence-electron chi connectivity index (χ1n) is 6.03. The van der Waals surface area contributed by atoms with Crippen LogP contribution in [0.3, 0.4) is 0 Å². The summed E-state index contributed by atoms with van der Waals surface area (Å²) in [6.07, 6.45) is 0. The predicted molar refractivity (Wildman–Crippen MR) is 73.3 cm³/mol. The van der Waals surface area contributed by atoms with Gasteiger partial charge in [0.25, 0.3) is 0 Å². The van der Waals surface area contributed by atoms with Crippen LogP contribution in [0.15, 0.2) is 18.2 Å². The molecular weight excluding hydrogens is 255 g/mol. The van der Waals surface area contributed by atoms with Gasteiger partial charge in [-0.2, -0.15) is 0 Å². The molecule has 1 heterocycles. The van der Waals surface area contributed by atoms with Crippen LogP contribution in [0.2, 0.25) is 0 Å². The lowest BCUT2D eigenvalue weighted by Gasteiger charge is -2.34. The van der Waals surface area contributed by atoms with Crippen LogP contribution in [-0.4, -0.2) is 42.9 Å². The third kappa shape index (κ3) is 3.13. The molecule has 2 N–H and O–H groups in total. The van der Waals surface area contributed by atoms with Crippen LogP contribution in [0.25, 0.3) is 0 Å². The first kappa shape index (κ1) is 15.2. The van der Waals surface area contributed by atoms with Gasteiger partial charge in [0.1, 0.15) is 12.4 Å². The minimum Gasteiger partial charge on any atom is -0.507 e. The normalized spacial score (nSPS) is 18.1. The molecule has 2 rings (SSSR count). The molecule has 1 aromatic rings. The van der Waals surface area contributed by atoms with E-state index in [1.54, 1.807) is 0 Å². The number of nitrogens with zero attached hydrogens (tertiary/aromatic N) is 1. The van der Waals surface area contributed by atoms with Crippen molar-refractivity contribution in [1.29, 1.82) is 0 Å². The van der Waals surface area contributed by atoms with Crippen molar-refractivity contribution in [3.8, 4) is 5.75 Å². The molecule has 0 aromatic heterocycles. The molecule has 0 saturated carbocycles. The van der Waals surface area contributed by atoms with Gasteiger partial charge in [-0.05, 0) is 12.5 Å². The van der Waals surface area contributed by atoms with Crippen LogP contribution in [0.1, 0.15) is 17.2 Å². The molecule has 1 aromatic carbocycles. The summed E-state index contributed by atoms with van der Waals surface area (Å²) in [4.78, 5) is 2.09. The number of halogens is 2. The number of piperazine rings is 1. The molecule has 0 amide bonds. The maximum absolute atomic E-state index is 13.3. The number of alkyl halides is 1. The van der Waals surface area contributed by atoms with Crippen LogP contribution < -0.4 is 5.32 Å². The van der Waals surface area contributed by atoms with Crippen molar-refractivity contribution < 1.29 is 9.50 Å². The molecule has 102 valence electrons. The molecule has 1 aliphatic rings. The van der Waals surface area contributed by atoms with E-state index in [0.717, 1.165) is 31.7 Å². The number of hydrogen-bond acceptors (Lipinski definition) is 3. The number of nitrogens with one attached hydrogen (secondary N) is 1. The number of hydrogen-bond donors (Lipinski definition) is 2. The van der Waals surface area contributed by atoms with Crippen molar-refractivity contribution in [3.63, 3.8) is 0 Å². The van der Waals surface area contributed by atoms with Crippen LogP contribution >= 0.6 is 12.4 Å². The monoisotopic (exact) mass is 274 g/mol. The second-order valence-electron chi connectivity index (χ2n) is 4.47. The summed E-state index contributed by atoms with van der Waals surface area (Å²) in [5.41, 5.74) is 1.51. The quantitative estimate of drug-likeness (QED) is 0.885. The van der Waals surface area contributed by atoms with Gasteiger partial charge in [-0.1, -0.05) is 18.2 Å². The van der Waals surface area contributed by atoms with Crippen molar-refractivity contribution >= 4 is 12.4 Å². The molecule has 1 fully saturated rings. The lowest BCUT2D eigenvalue weighted by Crippen LogP contribution is -2.45. The molecule has 1 atom stereocenters. The fourth-order valence-electron chi connectivity index (χ4n) is 2.32. The highest BCUT2D eigenvalue weighted by molar-refractivity contribution is 5.85. The van der Waals surface area contributed by atoms with Gasteiger partial charge in [-0.25, -0.2) is 4.39 Å². The van der Waals surface area contributed by atoms with Crippen molar-refractivity contribution in [3.05, 3.63) is 29.3 Å². The van der Waals surface area contributed by atoms with Gasteiger partial charge in [-0.3, -0.25) is 4.90 Å². The average Bonchev–Trinajstić information content (AvgIpc) is 2.37. The molecule has 0 unspecified atom stereocenters. The Morgan fingerprint density at radius 2 is 2.06 bits per heavy atom. The van der Waals surface area contributed by atoms with Crippen LogP contribution in [0.4, 0.5) is 4.39 Å². The molecule has 18 heavy (non-hydrogen) atoms. The summed E-state index contributed by atoms with van der Waals surface area (Å²) in [5.74, 6) is 0.230. The zero-order valence-electron chi connectivity index (χ0n) is 10.5. The zero-order chi connectivity index (χ0) is 12.3. The Hall–Kier alpha value is -0.840. The van der Waals surface area contributed by atoms with Gasteiger partial charge in [0.15, 0.2) is 0 Å². The Morgan fingerprint density at radius 1 is 1.39 bits per heavy atom. The van der Waals surface area contributed by atoms with E-state index in [2.05, 4.69) is 10.2 Å². The summed E-state index contributed by atoms with van der Waals surface area (Å²) in [6, 6.07) is 5.20. The maximum atomic E-state index is 13.3. The number of aromatic hydroxyl groups is 1. The van der Waals surface area contributed by atoms with Gasteiger partial charge in [0, 0.05) is 31.7 Å². The minimum absolute atomic E-state index is 0. The number of rotatable bonds is 3. The van der Waals surface area contributed by atoms with E-state index in [0.29, 0.717) is 5.56 Å². The van der Waals surface area contributed by atoms with E-state index in [1.165, 1.54) is 0 Å². The number of phenols is 1. The Kier molecular flexibility index (Phi) is 5.85. The lowest BCUT2D eigenvalue weighted by molar-refractivity contribution is 0.145. The average molecular weight is 275 g/mol. The number of benzene rings is 1. The predicted octanol–water partition coefficient (Wildman–Crippen LogP) is 2.04. The molecule has 0 bridgehead atoms. The smallest absolute Gasteiger partial charge is 0.123 e. The van der Waals surface area contributed by atoms with Gasteiger partial charge in [-0.15, -0.1) is 12.4 Å². The van der Waals surface area contributed by atoms with Gasteiger partial charge in [0.05, 0.1) is 6.04 Å². The largest absolute Gasteiger partial charge is 0.507 e. The standard InChI is InChI=1S/C13H19FN2O.ClH/c1-10-3-2-4-11(13(10)17)12(9-14)16-7-5-15-6-8-16;/h2-4,12,15,17H,5-9H2,1H3;1H/t12-;/m1./s1. The highest BCUT2D eigenvalue weighted by atomic mass is 35.5. The Bertz CT molecular complexity index is 383. The van der Waals surface area contributed by atoms with E-state index >= 15 is 0 Å². The maximum Gasteiger partial charge on any atom is 0.123 e. The SMILES string of the molecule is Cc1cccc([C@@H](CF)N2CCNCC2)c1O.Cl. The van der Waals surface area contributed by atoms with Crippen molar-refractivity contribution in [1.82, 2.24) is 10.2 Å². The molecular formula is C13H20ClFN2O. The molecule has 0 aliphatic carbocycles. The highest BCUT2D eigenvalue weighted by Gasteiger charge is 2.24. The van der Waals surface area contributed by atoms with Gasteiger partial charge >= 0.3 is 0 Å². The molecule has 3 nitrogen and oxygen atoms in total. The number of aryl methyl sites for hydroxylation is 1. The van der Waals surface area contributed by atoms with Crippen LogP contribution in [0, 0.1) is 6.92 Å². The highest BCUT2D eigenvalue weighted by Crippen LogP contribution is 2.31. The molecule has 0 radical (unpaired) electrons.